The second kappa shape index (κ2) is 8.02. The minimum absolute atomic E-state index is 0.00895. The van der Waals surface area contributed by atoms with Crippen LogP contribution in [0.25, 0.3) is 5.78 Å². The van der Waals surface area contributed by atoms with Crippen molar-refractivity contribution in [2.45, 2.75) is 30.1 Å². The molecule has 1 amide bonds. The lowest BCUT2D eigenvalue weighted by atomic mass is 9.94. The molecule has 1 saturated heterocycles. The van der Waals surface area contributed by atoms with Crippen LogP contribution in [0, 0.1) is 0 Å². The molecule has 0 bridgehead atoms. The molecule has 1 atom stereocenters. The predicted molar refractivity (Wildman–Crippen MR) is 109 cm³/mol. The van der Waals surface area contributed by atoms with Crippen molar-refractivity contribution in [1.82, 2.24) is 24.5 Å². The van der Waals surface area contributed by atoms with Crippen LogP contribution >= 0.6 is 0 Å². The fourth-order valence-electron chi connectivity index (χ4n) is 3.90. The topological polar surface area (TPSA) is 107 Å². The molecule has 0 unspecified atom stereocenters. The number of rotatable bonds is 5. The Balaban J connectivity index is 1.59. The Morgan fingerprint density at radius 3 is 2.70 bits per heavy atom. The number of carbonyl (C=O) groups excluding carboxylic acids is 1. The van der Waals surface area contributed by atoms with Gasteiger partial charge in [-0.25, -0.2) is 13.4 Å². The average molecular weight is 430 g/mol. The molecule has 158 valence electrons. The summed E-state index contributed by atoms with van der Waals surface area (Å²) in [6.07, 6.45) is 5.67. The van der Waals surface area contributed by atoms with Crippen LogP contribution in [-0.4, -0.2) is 65.3 Å². The molecule has 2 aromatic heterocycles. The molecule has 0 aliphatic carbocycles. The highest BCUT2D eigenvalue weighted by molar-refractivity contribution is 7.90. The van der Waals surface area contributed by atoms with E-state index in [1.807, 2.05) is 24.3 Å². The van der Waals surface area contributed by atoms with Crippen LogP contribution in [0.5, 0.6) is 5.75 Å². The summed E-state index contributed by atoms with van der Waals surface area (Å²) in [5.41, 5.74) is 1.45. The summed E-state index contributed by atoms with van der Waals surface area (Å²) in [5, 5.41) is 4.19. The largest absolute Gasteiger partial charge is 0.497 e. The first-order valence-corrected chi connectivity index (χ1v) is 11.6. The molecule has 1 aliphatic rings. The second-order valence-corrected chi connectivity index (χ2v) is 9.44. The maximum atomic E-state index is 12.9. The van der Waals surface area contributed by atoms with Crippen molar-refractivity contribution >= 4 is 21.5 Å². The number of benzene rings is 1. The van der Waals surface area contributed by atoms with Gasteiger partial charge in [0.25, 0.3) is 5.78 Å². The van der Waals surface area contributed by atoms with Gasteiger partial charge in [-0.05, 0) is 30.5 Å². The van der Waals surface area contributed by atoms with E-state index >= 15 is 0 Å². The Hall–Kier alpha value is -3.01. The lowest BCUT2D eigenvalue weighted by Gasteiger charge is -2.33. The summed E-state index contributed by atoms with van der Waals surface area (Å²) < 4.78 is 31.4. The average Bonchev–Trinajstić information content (AvgIpc) is 3.22. The van der Waals surface area contributed by atoms with E-state index in [0.717, 1.165) is 30.4 Å². The van der Waals surface area contributed by atoms with E-state index in [4.69, 9.17) is 4.74 Å². The first kappa shape index (κ1) is 20.3. The number of nitrogens with zero attached hydrogens (tertiary/aromatic N) is 5. The van der Waals surface area contributed by atoms with Crippen LogP contribution in [0.15, 0.2) is 41.7 Å². The van der Waals surface area contributed by atoms with Gasteiger partial charge in [-0.3, -0.25) is 4.79 Å². The number of carbonyl (C=O) groups is 1. The second-order valence-electron chi connectivity index (χ2n) is 7.46. The molecule has 10 heteroatoms. The Kier molecular flexibility index (Phi) is 5.42. The fraction of sp³-hybridized carbons (Fsp3) is 0.400. The Morgan fingerprint density at radius 2 is 2.00 bits per heavy atom. The number of methoxy groups -OCH3 is 1. The minimum atomic E-state index is -3.51. The molecule has 3 aromatic rings. The van der Waals surface area contributed by atoms with E-state index in [0.29, 0.717) is 24.6 Å². The molecule has 4 rings (SSSR count). The number of hydrogen-bond acceptors (Lipinski definition) is 7. The minimum Gasteiger partial charge on any atom is -0.497 e. The highest BCUT2D eigenvalue weighted by Crippen LogP contribution is 2.31. The summed E-state index contributed by atoms with van der Waals surface area (Å²) in [7, 11) is -1.91. The standard InChI is InChI=1S/C20H23N5O4S/c1-29-16-7-5-14(6-8-16)10-18(26)24-9-3-4-15(12-24)19-17(30(2,27)28)11-21-20-22-13-23-25(19)20/h5-8,11,13,15H,3-4,9-10,12H2,1-2H3/t15-/m0/s1. The Bertz CT molecular complexity index is 1170. The zero-order chi connectivity index (χ0) is 21.3. The van der Waals surface area contributed by atoms with Gasteiger partial charge < -0.3 is 9.64 Å². The molecule has 0 saturated carbocycles. The van der Waals surface area contributed by atoms with Crippen molar-refractivity contribution in [3.05, 3.63) is 48.0 Å². The van der Waals surface area contributed by atoms with Crippen molar-refractivity contribution < 1.29 is 17.9 Å². The molecule has 3 heterocycles. The quantitative estimate of drug-likeness (QED) is 0.605. The van der Waals surface area contributed by atoms with Gasteiger partial charge in [-0.2, -0.15) is 14.6 Å². The summed E-state index contributed by atoms with van der Waals surface area (Å²) >= 11 is 0. The zero-order valence-electron chi connectivity index (χ0n) is 16.9. The van der Waals surface area contributed by atoms with E-state index in [1.54, 1.807) is 12.0 Å². The fourth-order valence-corrected chi connectivity index (χ4v) is 4.77. The Labute approximate surface area is 174 Å². The smallest absolute Gasteiger partial charge is 0.252 e. The van der Waals surface area contributed by atoms with Crippen molar-refractivity contribution in [1.29, 1.82) is 0 Å². The third kappa shape index (κ3) is 4.00. The van der Waals surface area contributed by atoms with Gasteiger partial charge >= 0.3 is 0 Å². The van der Waals surface area contributed by atoms with E-state index in [2.05, 4.69) is 15.1 Å². The highest BCUT2D eigenvalue weighted by Gasteiger charge is 2.31. The van der Waals surface area contributed by atoms with Gasteiger partial charge in [0.15, 0.2) is 9.84 Å². The van der Waals surface area contributed by atoms with Crippen molar-refractivity contribution in [3.63, 3.8) is 0 Å². The van der Waals surface area contributed by atoms with Gasteiger partial charge in [0.1, 0.15) is 17.0 Å². The molecule has 0 spiro atoms. The van der Waals surface area contributed by atoms with Gasteiger partial charge in [0.2, 0.25) is 5.91 Å². The molecule has 0 radical (unpaired) electrons. The number of piperidine rings is 1. The monoisotopic (exact) mass is 429 g/mol. The molecule has 1 aliphatic heterocycles. The van der Waals surface area contributed by atoms with E-state index < -0.39 is 9.84 Å². The molecule has 1 fully saturated rings. The molecule has 1 aromatic carbocycles. The highest BCUT2D eigenvalue weighted by atomic mass is 32.2. The number of aromatic nitrogens is 4. The number of fused-ring (bicyclic) bond motifs is 1. The van der Waals surface area contributed by atoms with Crippen molar-refractivity contribution in [2.24, 2.45) is 0 Å². The van der Waals surface area contributed by atoms with E-state index in [9.17, 15) is 13.2 Å². The number of ether oxygens (including phenoxy) is 1. The molecule has 9 nitrogen and oxygen atoms in total. The van der Waals surface area contributed by atoms with Gasteiger partial charge in [0, 0.05) is 25.3 Å². The SMILES string of the molecule is COc1ccc(CC(=O)N2CCC[C@H](c3c(S(C)(=O)=O)cnc4ncnn34)C2)cc1. The maximum Gasteiger partial charge on any atom is 0.252 e. The summed E-state index contributed by atoms with van der Waals surface area (Å²) in [6, 6.07) is 7.42. The van der Waals surface area contributed by atoms with Crippen molar-refractivity contribution in [3.8, 4) is 5.75 Å². The first-order valence-electron chi connectivity index (χ1n) is 9.66. The van der Waals surface area contributed by atoms with Gasteiger partial charge in [0.05, 0.1) is 25.4 Å². The predicted octanol–water partition coefficient (Wildman–Crippen LogP) is 1.49. The van der Waals surface area contributed by atoms with E-state index in [1.165, 1.54) is 17.0 Å². The summed E-state index contributed by atoms with van der Waals surface area (Å²) in [5.74, 6) is 0.927. The van der Waals surface area contributed by atoms with Crippen LogP contribution in [-0.2, 0) is 21.1 Å². The third-order valence-corrected chi connectivity index (χ3v) is 6.50. The van der Waals surface area contributed by atoms with Crippen molar-refractivity contribution in [2.75, 3.05) is 26.5 Å². The molecule has 30 heavy (non-hydrogen) atoms. The van der Waals surface area contributed by atoms with Crippen LogP contribution in [0.3, 0.4) is 0 Å². The lowest BCUT2D eigenvalue weighted by Crippen LogP contribution is -2.40. The zero-order valence-corrected chi connectivity index (χ0v) is 17.7. The number of amides is 1. The van der Waals surface area contributed by atoms with Gasteiger partial charge in [-0.1, -0.05) is 12.1 Å². The normalized spacial score (nSPS) is 17.3. The lowest BCUT2D eigenvalue weighted by molar-refractivity contribution is -0.131. The first-order chi connectivity index (χ1) is 14.4. The molecular formula is C20H23N5O4S. The maximum absolute atomic E-state index is 12.9. The van der Waals surface area contributed by atoms with Crippen LogP contribution in [0.4, 0.5) is 0 Å². The van der Waals surface area contributed by atoms with Crippen LogP contribution in [0.2, 0.25) is 0 Å². The summed E-state index contributed by atoms with van der Waals surface area (Å²) in [4.78, 5) is 23.0. The van der Waals surface area contributed by atoms with Gasteiger partial charge in [-0.15, -0.1) is 0 Å². The molecular weight excluding hydrogens is 406 g/mol. The summed E-state index contributed by atoms with van der Waals surface area (Å²) in [6.45, 7) is 1.07. The third-order valence-electron chi connectivity index (χ3n) is 5.38. The molecule has 0 N–H and O–H groups in total. The number of likely N-dealkylation sites (tertiary alicyclic amines) is 1. The Morgan fingerprint density at radius 1 is 1.23 bits per heavy atom. The number of sulfone groups is 1. The van der Waals surface area contributed by atoms with Crippen LogP contribution < -0.4 is 4.74 Å². The van der Waals surface area contributed by atoms with Crippen LogP contribution in [0.1, 0.15) is 30.0 Å². The number of hydrogen-bond donors (Lipinski definition) is 0. The van der Waals surface area contributed by atoms with E-state index in [-0.39, 0.29) is 23.1 Å².